The Labute approximate surface area is 153 Å². The number of nitrogens with zero attached hydrogens (tertiary/aromatic N) is 1. The molecule has 1 aromatic rings. The Bertz CT molecular complexity index is 820. The molecule has 0 spiro atoms. The molecule has 1 aliphatic heterocycles. The SMILES string of the molecule is O=C([C@@H]1C[C@H]2C=C[C@H]1C2)N1CC[C@H](c2ccccc2Cl)S(=O)(=O)CC1. The first-order valence-corrected chi connectivity index (χ1v) is 11.0. The molecular formula is C19H22ClNO3S. The highest BCUT2D eigenvalue weighted by Gasteiger charge is 2.42. The summed E-state index contributed by atoms with van der Waals surface area (Å²) in [5, 5.41) is -0.145. The lowest BCUT2D eigenvalue weighted by Gasteiger charge is -2.26. The molecule has 2 bridgehead atoms. The van der Waals surface area contributed by atoms with Crippen molar-refractivity contribution in [1.29, 1.82) is 0 Å². The van der Waals surface area contributed by atoms with E-state index in [0.29, 0.717) is 41.9 Å². The quantitative estimate of drug-likeness (QED) is 0.741. The topological polar surface area (TPSA) is 54.5 Å². The van der Waals surface area contributed by atoms with Crippen molar-refractivity contribution in [2.45, 2.75) is 24.5 Å². The average Bonchev–Trinajstić information content (AvgIpc) is 3.17. The van der Waals surface area contributed by atoms with Crippen molar-refractivity contribution < 1.29 is 13.2 Å². The molecule has 6 heteroatoms. The molecule has 2 fully saturated rings. The number of fused-ring (bicyclic) bond motifs is 2. The second-order valence-corrected chi connectivity index (χ2v) is 10.1. The van der Waals surface area contributed by atoms with Crippen molar-refractivity contribution in [3.05, 3.63) is 47.0 Å². The van der Waals surface area contributed by atoms with Gasteiger partial charge in [0.2, 0.25) is 5.91 Å². The third kappa shape index (κ3) is 3.13. The molecule has 4 atom stereocenters. The molecule has 0 N–H and O–H groups in total. The smallest absolute Gasteiger partial charge is 0.226 e. The first-order valence-electron chi connectivity index (χ1n) is 8.89. The van der Waals surface area contributed by atoms with Crippen LogP contribution in [0.5, 0.6) is 0 Å². The Morgan fingerprint density at radius 1 is 1.12 bits per heavy atom. The van der Waals surface area contributed by atoms with Crippen LogP contribution in [0.1, 0.15) is 30.1 Å². The minimum Gasteiger partial charge on any atom is -0.341 e. The monoisotopic (exact) mass is 379 g/mol. The third-order valence-electron chi connectivity index (χ3n) is 5.90. The highest BCUT2D eigenvalue weighted by atomic mass is 35.5. The number of carbonyl (C=O) groups excluding carboxylic acids is 1. The lowest BCUT2D eigenvalue weighted by Crippen LogP contribution is -2.39. The maximum absolute atomic E-state index is 12.9. The third-order valence-corrected chi connectivity index (χ3v) is 8.35. The van der Waals surface area contributed by atoms with E-state index in [4.69, 9.17) is 11.6 Å². The summed E-state index contributed by atoms with van der Waals surface area (Å²) in [6.07, 6.45) is 6.78. The van der Waals surface area contributed by atoms with E-state index < -0.39 is 15.1 Å². The summed E-state index contributed by atoms with van der Waals surface area (Å²) in [6.45, 7) is 0.769. The van der Waals surface area contributed by atoms with E-state index in [-0.39, 0.29) is 17.6 Å². The van der Waals surface area contributed by atoms with E-state index in [9.17, 15) is 13.2 Å². The maximum Gasteiger partial charge on any atom is 0.226 e. The van der Waals surface area contributed by atoms with E-state index in [1.54, 1.807) is 23.1 Å². The number of benzene rings is 1. The van der Waals surface area contributed by atoms with E-state index in [0.717, 1.165) is 12.8 Å². The van der Waals surface area contributed by atoms with Crippen LogP contribution in [0.4, 0.5) is 0 Å². The van der Waals surface area contributed by atoms with Gasteiger partial charge in [-0.15, -0.1) is 0 Å². The van der Waals surface area contributed by atoms with Crippen LogP contribution < -0.4 is 0 Å². The molecule has 134 valence electrons. The van der Waals surface area contributed by atoms with Gasteiger partial charge in [0.05, 0.1) is 11.0 Å². The molecule has 3 aliphatic rings. The summed E-state index contributed by atoms with van der Waals surface area (Å²) in [4.78, 5) is 14.7. The normalized spacial score (nSPS) is 33.4. The number of allylic oxidation sites excluding steroid dienone is 2. The van der Waals surface area contributed by atoms with Gasteiger partial charge in [0.25, 0.3) is 0 Å². The van der Waals surface area contributed by atoms with Crippen LogP contribution in [0.2, 0.25) is 5.02 Å². The van der Waals surface area contributed by atoms with E-state index >= 15 is 0 Å². The van der Waals surface area contributed by atoms with Gasteiger partial charge in [0, 0.05) is 24.0 Å². The molecule has 4 rings (SSSR count). The number of sulfone groups is 1. The molecule has 1 aromatic carbocycles. The van der Waals surface area contributed by atoms with Gasteiger partial charge in [-0.05, 0) is 42.7 Å². The molecule has 1 heterocycles. The Hall–Kier alpha value is -1.33. The molecule has 25 heavy (non-hydrogen) atoms. The second-order valence-electron chi connectivity index (χ2n) is 7.38. The summed E-state index contributed by atoms with van der Waals surface area (Å²) >= 11 is 6.23. The standard InChI is InChI=1S/C19H22ClNO3S/c20-17-4-2-1-3-15(17)18-7-8-21(9-10-25(18,23)24)19(22)16-12-13-5-6-14(16)11-13/h1-6,13-14,16,18H,7-12H2/t13-,14-,16+,18+/m0/s1. The van der Waals surface area contributed by atoms with Crippen molar-refractivity contribution in [3.63, 3.8) is 0 Å². The van der Waals surface area contributed by atoms with Crippen LogP contribution in [0.3, 0.4) is 0 Å². The van der Waals surface area contributed by atoms with Crippen LogP contribution in [-0.2, 0) is 14.6 Å². The van der Waals surface area contributed by atoms with Crippen molar-refractivity contribution in [2.24, 2.45) is 17.8 Å². The number of amides is 1. The Morgan fingerprint density at radius 2 is 1.92 bits per heavy atom. The second kappa shape index (κ2) is 6.44. The minimum atomic E-state index is -3.33. The number of rotatable bonds is 2. The molecule has 1 saturated carbocycles. The summed E-state index contributed by atoms with van der Waals surface area (Å²) in [7, 11) is -3.33. The predicted octanol–water partition coefficient (Wildman–Crippen LogP) is 3.24. The van der Waals surface area contributed by atoms with Crippen molar-refractivity contribution in [2.75, 3.05) is 18.8 Å². The summed E-state index contributed by atoms with van der Waals surface area (Å²) in [5.74, 6) is 1.05. The van der Waals surface area contributed by atoms with E-state index in [1.807, 2.05) is 6.07 Å². The molecule has 0 unspecified atom stereocenters. The van der Waals surface area contributed by atoms with Crippen molar-refractivity contribution in [3.8, 4) is 0 Å². The molecular weight excluding hydrogens is 358 g/mol. The largest absolute Gasteiger partial charge is 0.341 e. The lowest BCUT2D eigenvalue weighted by molar-refractivity contribution is -0.136. The van der Waals surface area contributed by atoms with Gasteiger partial charge in [0.1, 0.15) is 0 Å². The number of hydrogen-bond acceptors (Lipinski definition) is 3. The molecule has 0 radical (unpaired) electrons. The predicted molar refractivity (Wildman–Crippen MR) is 98.0 cm³/mol. The molecule has 1 saturated heterocycles. The summed E-state index contributed by atoms with van der Waals surface area (Å²) < 4.78 is 25.5. The van der Waals surface area contributed by atoms with Crippen molar-refractivity contribution >= 4 is 27.3 Å². The first kappa shape index (κ1) is 17.1. The molecule has 0 aromatic heterocycles. The molecule has 4 nitrogen and oxygen atoms in total. The summed E-state index contributed by atoms with van der Waals surface area (Å²) in [5.41, 5.74) is 0.654. The van der Waals surface area contributed by atoms with Gasteiger partial charge in [-0.25, -0.2) is 8.42 Å². The Kier molecular flexibility index (Phi) is 4.40. The molecule has 2 aliphatic carbocycles. The van der Waals surface area contributed by atoms with E-state index in [1.165, 1.54) is 0 Å². The maximum atomic E-state index is 12.9. The lowest BCUT2D eigenvalue weighted by atomic mass is 9.92. The van der Waals surface area contributed by atoms with E-state index in [2.05, 4.69) is 12.2 Å². The Balaban J connectivity index is 1.53. The van der Waals surface area contributed by atoms with Crippen LogP contribution in [0, 0.1) is 17.8 Å². The van der Waals surface area contributed by atoms with Gasteiger partial charge < -0.3 is 4.90 Å². The first-order chi connectivity index (χ1) is 12.0. The number of halogens is 1. The summed E-state index contributed by atoms with van der Waals surface area (Å²) in [6, 6.07) is 7.12. The fraction of sp³-hybridized carbons (Fsp3) is 0.526. The zero-order chi connectivity index (χ0) is 17.6. The highest BCUT2D eigenvalue weighted by molar-refractivity contribution is 7.91. The fourth-order valence-electron chi connectivity index (χ4n) is 4.55. The average molecular weight is 380 g/mol. The fourth-order valence-corrected chi connectivity index (χ4v) is 6.70. The number of hydrogen-bond donors (Lipinski definition) is 0. The van der Waals surface area contributed by atoms with Crippen LogP contribution in [-0.4, -0.2) is 38.1 Å². The van der Waals surface area contributed by atoms with Gasteiger partial charge in [0.15, 0.2) is 9.84 Å². The minimum absolute atomic E-state index is 0.00524. The van der Waals surface area contributed by atoms with Gasteiger partial charge in [-0.2, -0.15) is 0 Å². The van der Waals surface area contributed by atoms with Crippen LogP contribution in [0.15, 0.2) is 36.4 Å². The van der Waals surface area contributed by atoms with Gasteiger partial charge in [-0.1, -0.05) is 42.0 Å². The van der Waals surface area contributed by atoms with Gasteiger partial charge in [-0.3, -0.25) is 4.79 Å². The van der Waals surface area contributed by atoms with Crippen LogP contribution >= 0.6 is 11.6 Å². The number of carbonyl (C=O) groups is 1. The molecule has 1 amide bonds. The van der Waals surface area contributed by atoms with Crippen LogP contribution in [0.25, 0.3) is 0 Å². The zero-order valence-electron chi connectivity index (χ0n) is 14.0. The van der Waals surface area contributed by atoms with Gasteiger partial charge >= 0.3 is 0 Å². The highest BCUT2D eigenvalue weighted by Crippen LogP contribution is 2.44. The zero-order valence-corrected chi connectivity index (χ0v) is 15.5. The van der Waals surface area contributed by atoms with Crippen molar-refractivity contribution in [1.82, 2.24) is 4.90 Å². The Morgan fingerprint density at radius 3 is 2.60 bits per heavy atom.